The lowest BCUT2D eigenvalue weighted by atomic mass is 9.74. The van der Waals surface area contributed by atoms with Gasteiger partial charge in [0.2, 0.25) is 5.91 Å². The number of amides is 3. The summed E-state index contributed by atoms with van der Waals surface area (Å²) >= 11 is 0. The number of aliphatic hydroxyl groups is 1. The lowest BCUT2D eigenvalue weighted by molar-refractivity contribution is -0.133. The molecule has 3 amide bonds. The maximum Gasteiger partial charge on any atom is 0.408 e. The van der Waals surface area contributed by atoms with Crippen LogP contribution in [0, 0.1) is 5.92 Å². The second-order valence-corrected chi connectivity index (χ2v) is 12.8. The first-order valence-electron chi connectivity index (χ1n) is 16.6. The molecular formula is C36H49ClN4O6. The van der Waals surface area contributed by atoms with E-state index in [1.165, 1.54) is 36.1 Å². The Balaban J connectivity index is 0.00000500. The van der Waals surface area contributed by atoms with Crippen molar-refractivity contribution in [2.24, 2.45) is 5.92 Å². The summed E-state index contributed by atoms with van der Waals surface area (Å²) in [4.78, 5) is 43.4. The highest BCUT2D eigenvalue weighted by atomic mass is 35.5. The minimum absolute atomic E-state index is 0. The molecule has 0 aromatic heterocycles. The molecule has 0 fully saturated rings. The summed E-state index contributed by atoms with van der Waals surface area (Å²) in [5.74, 6) is -1.36. The number of rotatable bonds is 14. The first-order chi connectivity index (χ1) is 22.3. The van der Waals surface area contributed by atoms with E-state index < -0.39 is 36.5 Å². The van der Waals surface area contributed by atoms with E-state index in [4.69, 9.17) is 9.47 Å². The van der Waals surface area contributed by atoms with Crippen LogP contribution in [-0.2, 0) is 32.3 Å². The number of carbonyl (C=O) groups excluding carboxylic acids is 3. The molecule has 0 radical (unpaired) electrons. The smallest absolute Gasteiger partial charge is 0.408 e. The Morgan fingerprint density at radius 1 is 0.979 bits per heavy atom. The van der Waals surface area contributed by atoms with Crippen LogP contribution in [0.3, 0.4) is 0 Å². The fourth-order valence-corrected chi connectivity index (χ4v) is 6.99. The number of ether oxygens (including phenoxy) is 2. The van der Waals surface area contributed by atoms with Crippen molar-refractivity contribution in [3.05, 3.63) is 70.8 Å². The van der Waals surface area contributed by atoms with Crippen LogP contribution in [0.15, 0.2) is 48.5 Å². The molecule has 11 heteroatoms. The fourth-order valence-electron chi connectivity index (χ4n) is 6.99. The average Bonchev–Trinajstić information content (AvgIpc) is 3.38. The number of anilines is 1. The molecule has 1 aliphatic carbocycles. The molecule has 2 aliphatic heterocycles. The number of unbranched alkanes of at least 4 members (excludes halogenated alkanes) is 4. The second kappa shape index (κ2) is 17.1. The van der Waals surface area contributed by atoms with E-state index in [1.54, 1.807) is 0 Å². The summed E-state index contributed by atoms with van der Waals surface area (Å²) in [5.41, 5.74) is 6.57. The minimum atomic E-state index is -1.34. The van der Waals surface area contributed by atoms with E-state index in [9.17, 15) is 19.5 Å². The molecule has 3 N–H and O–H groups in total. The van der Waals surface area contributed by atoms with Crippen LogP contribution < -0.4 is 15.5 Å². The number of likely N-dealkylation sites (N-methyl/N-ethyl adjacent to an activating group) is 2. The highest BCUT2D eigenvalue weighted by Crippen LogP contribution is 2.50. The summed E-state index contributed by atoms with van der Waals surface area (Å²) in [5, 5.41) is 14.7. The Kier molecular flexibility index (Phi) is 13.2. The number of alkyl carbamates (subject to hydrolysis) is 1. The number of aliphatic hydroxyl groups excluding tert-OH is 1. The first kappa shape index (κ1) is 36.4. The number of halogens is 1. The third kappa shape index (κ3) is 8.73. The molecule has 0 saturated heterocycles. The Morgan fingerprint density at radius 3 is 2.47 bits per heavy atom. The topological polar surface area (TPSA) is 120 Å². The van der Waals surface area contributed by atoms with Gasteiger partial charge >= 0.3 is 6.09 Å². The van der Waals surface area contributed by atoms with Crippen LogP contribution in [0.2, 0.25) is 0 Å². The Hall–Kier alpha value is -3.44. The Labute approximate surface area is 284 Å². The van der Waals surface area contributed by atoms with Crippen LogP contribution in [0.1, 0.15) is 73.6 Å². The van der Waals surface area contributed by atoms with E-state index in [2.05, 4.69) is 52.6 Å². The Morgan fingerprint density at radius 2 is 1.72 bits per heavy atom. The van der Waals surface area contributed by atoms with Crippen LogP contribution in [0.5, 0.6) is 0 Å². The maximum absolute atomic E-state index is 13.3. The number of hydrogen-bond acceptors (Lipinski definition) is 8. The molecule has 47 heavy (non-hydrogen) atoms. The molecule has 10 nitrogen and oxygen atoms in total. The maximum atomic E-state index is 13.3. The number of benzene rings is 2. The average molecular weight is 669 g/mol. The number of carbonyl (C=O) groups is 3. The molecule has 0 spiro atoms. The van der Waals surface area contributed by atoms with Crippen LogP contribution in [0.25, 0.3) is 5.57 Å². The van der Waals surface area contributed by atoms with Gasteiger partial charge in [0.05, 0.1) is 19.1 Å². The number of nitrogens with one attached hydrogen (secondary N) is 2. The number of hydrogen-bond donors (Lipinski definition) is 3. The Bertz CT molecular complexity index is 1430. The normalized spacial score (nSPS) is 20.3. The van der Waals surface area contributed by atoms with Gasteiger partial charge < -0.3 is 24.8 Å². The quantitative estimate of drug-likeness (QED) is 0.246. The van der Waals surface area contributed by atoms with Gasteiger partial charge in [-0.1, -0.05) is 75.1 Å². The number of fused-ring (bicyclic) bond motifs is 2. The predicted molar refractivity (Wildman–Crippen MR) is 184 cm³/mol. The molecule has 1 unspecified atom stereocenters. The molecule has 2 heterocycles. The molecule has 5 rings (SSSR count). The van der Waals surface area contributed by atoms with Crippen molar-refractivity contribution in [2.75, 3.05) is 45.3 Å². The fraction of sp³-hybridized carbons (Fsp3) is 0.528. The second-order valence-electron chi connectivity index (χ2n) is 12.8. The standard InChI is InChI=1S/C36H48N4O6.ClH/c1-4-5-6-7-10-16-45-22-24-12-8-9-13-25(24)23-46-36(44)37-30(21-41)35(43)38-34(42)27-17-29-28-14-11-15-31-33(28)26(19-39(31)2)18-32(29)40(3)20-27;/h8-9,11-15,17,26-27,30,32,41H,4-7,10,16,18-23H2,1-3H3,(H,37,44)(H,38,42,43);1H/t26?,27-,30+,32-;/m1./s1. The zero-order valence-corrected chi connectivity index (χ0v) is 28.5. The molecule has 4 atom stereocenters. The summed E-state index contributed by atoms with van der Waals surface area (Å²) in [6, 6.07) is 12.7. The predicted octanol–water partition coefficient (Wildman–Crippen LogP) is 4.78. The van der Waals surface area contributed by atoms with Gasteiger partial charge in [0.1, 0.15) is 12.6 Å². The third-order valence-electron chi connectivity index (χ3n) is 9.47. The van der Waals surface area contributed by atoms with Gasteiger partial charge in [-0.3, -0.25) is 19.8 Å². The summed E-state index contributed by atoms with van der Waals surface area (Å²) in [6.07, 6.45) is 7.92. The van der Waals surface area contributed by atoms with Crippen molar-refractivity contribution in [3.63, 3.8) is 0 Å². The van der Waals surface area contributed by atoms with Gasteiger partial charge in [0.25, 0.3) is 5.91 Å². The van der Waals surface area contributed by atoms with E-state index in [0.717, 1.165) is 42.5 Å². The van der Waals surface area contributed by atoms with E-state index in [0.29, 0.717) is 25.7 Å². The van der Waals surface area contributed by atoms with E-state index in [1.807, 2.05) is 37.4 Å². The zero-order chi connectivity index (χ0) is 32.6. The molecule has 0 saturated carbocycles. The molecule has 2 aromatic rings. The highest BCUT2D eigenvalue weighted by Gasteiger charge is 2.42. The molecule has 256 valence electrons. The van der Waals surface area contributed by atoms with Crippen LogP contribution >= 0.6 is 12.4 Å². The SMILES string of the molecule is CCCCCCCOCc1ccccc1COC(=O)N[C@@H](CO)C(=O)NC(=O)[C@@H]1C=C2c3cccc4c3C(C[C@H]2N(C)C1)CN4C.Cl. The van der Waals surface area contributed by atoms with Crippen molar-refractivity contribution >= 4 is 41.6 Å². The van der Waals surface area contributed by atoms with Gasteiger partial charge in [-0.2, -0.15) is 0 Å². The van der Waals surface area contributed by atoms with Crippen molar-refractivity contribution in [2.45, 2.75) is 76.7 Å². The molecule has 2 aromatic carbocycles. The molecule has 0 bridgehead atoms. The summed E-state index contributed by atoms with van der Waals surface area (Å²) < 4.78 is 11.2. The molecule has 3 aliphatic rings. The molecular weight excluding hydrogens is 620 g/mol. The van der Waals surface area contributed by atoms with Gasteiger partial charge in [-0.15, -0.1) is 12.4 Å². The highest BCUT2D eigenvalue weighted by molar-refractivity contribution is 6.01. The van der Waals surface area contributed by atoms with Crippen LogP contribution in [-0.4, -0.2) is 80.4 Å². The van der Waals surface area contributed by atoms with E-state index in [-0.39, 0.29) is 25.1 Å². The van der Waals surface area contributed by atoms with Crippen molar-refractivity contribution in [1.29, 1.82) is 0 Å². The number of imide groups is 1. The van der Waals surface area contributed by atoms with Gasteiger partial charge in [0.15, 0.2) is 0 Å². The summed E-state index contributed by atoms with van der Waals surface area (Å²) in [7, 11) is 4.13. The largest absolute Gasteiger partial charge is 0.445 e. The van der Waals surface area contributed by atoms with E-state index >= 15 is 0 Å². The minimum Gasteiger partial charge on any atom is -0.445 e. The first-order valence-corrected chi connectivity index (χ1v) is 16.6. The van der Waals surface area contributed by atoms with Crippen molar-refractivity contribution in [3.8, 4) is 0 Å². The number of nitrogens with zero attached hydrogens (tertiary/aromatic N) is 2. The van der Waals surface area contributed by atoms with Crippen molar-refractivity contribution < 1.29 is 29.0 Å². The lowest BCUT2D eigenvalue weighted by Crippen LogP contribution is -2.53. The summed E-state index contributed by atoms with van der Waals surface area (Å²) in [6.45, 7) is 4.02. The van der Waals surface area contributed by atoms with Crippen LogP contribution in [0.4, 0.5) is 10.5 Å². The van der Waals surface area contributed by atoms with Crippen molar-refractivity contribution in [1.82, 2.24) is 15.5 Å². The van der Waals surface area contributed by atoms with Gasteiger partial charge in [0, 0.05) is 44.4 Å². The monoisotopic (exact) mass is 668 g/mol. The third-order valence-corrected chi connectivity index (χ3v) is 9.47. The van der Waals surface area contributed by atoms with Gasteiger partial charge in [-0.25, -0.2) is 4.79 Å². The zero-order valence-electron chi connectivity index (χ0n) is 27.7. The van der Waals surface area contributed by atoms with Gasteiger partial charge in [-0.05, 0) is 53.8 Å². The lowest BCUT2D eigenvalue weighted by Gasteiger charge is -2.41.